The minimum Gasteiger partial charge on any atom is -0.330 e. The van der Waals surface area contributed by atoms with Crippen molar-refractivity contribution in [2.24, 2.45) is 0 Å². The lowest BCUT2D eigenvalue weighted by molar-refractivity contribution is -0.126. The van der Waals surface area contributed by atoms with E-state index in [0.717, 1.165) is 30.3 Å². The molecule has 0 aromatic heterocycles. The maximum absolute atomic E-state index is 13.5. The molecule has 2 aromatic carbocycles. The number of benzene rings is 2. The lowest BCUT2D eigenvalue weighted by Crippen LogP contribution is -2.40. The zero-order valence-corrected chi connectivity index (χ0v) is 15.1. The number of hydrogen-bond acceptors (Lipinski definition) is 2. The third kappa shape index (κ3) is 4.51. The highest BCUT2D eigenvalue weighted by Crippen LogP contribution is 2.23. The number of nitrogens with zero attached hydrogens (tertiary/aromatic N) is 1. The summed E-state index contributed by atoms with van der Waals surface area (Å²) in [6.07, 6.45) is 3.79. The van der Waals surface area contributed by atoms with Gasteiger partial charge in [0.2, 0.25) is 5.91 Å². The van der Waals surface area contributed by atoms with Crippen LogP contribution in [0.3, 0.4) is 0 Å². The van der Waals surface area contributed by atoms with Crippen molar-refractivity contribution in [2.75, 3.05) is 13.1 Å². The van der Waals surface area contributed by atoms with Crippen LogP contribution >= 0.6 is 0 Å². The van der Waals surface area contributed by atoms with Crippen LogP contribution < -0.4 is 0 Å². The van der Waals surface area contributed by atoms with Crippen molar-refractivity contribution in [3.05, 3.63) is 94.6 Å². The molecule has 3 rings (SSSR count). The van der Waals surface area contributed by atoms with Crippen molar-refractivity contribution in [3.8, 4) is 0 Å². The van der Waals surface area contributed by atoms with E-state index in [4.69, 9.17) is 0 Å². The predicted molar refractivity (Wildman–Crippen MR) is 100 cm³/mol. The predicted octanol–water partition coefficient (Wildman–Crippen LogP) is 4.31. The second kappa shape index (κ2) is 8.26. The first-order chi connectivity index (χ1) is 13.8. The molecule has 0 radical (unpaired) electrons. The third-order valence-corrected chi connectivity index (χ3v) is 4.36. The summed E-state index contributed by atoms with van der Waals surface area (Å²) >= 11 is 0. The molecule has 1 aliphatic rings. The molecule has 1 fully saturated rings. The van der Waals surface area contributed by atoms with Gasteiger partial charge in [-0.25, -0.2) is 17.6 Å². The Morgan fingerprint density at radius 1 is 0.828 bits per heavy atom. The van der Waals surface area contributed by atoms with Crippen LogP contribution in [-0.4, -0.2) is 29.7 Å². The van der Waals surface area contributed by atoms with Crippen molar-refractivity contribution >= 4 is 23.8 Å². The van der Waals surface area contributed by atoms with Gasteiger partial charge in [0.15, 0.2) is 29.1 Å². The van der Waals surface area contributed by atoms with E-state index >= 15 is 0 Å². The summed E-state index contributed by atoms with van der Waals surface area (Å²) in [4.78, 5) is 26.3. The van der Waals surface area contributed by atoms with Crippen LogP contribution in [0.5, 0.6) is 0 Å². The van der Waals surface area contributed by atoms with Crippen LogP contribution in [0.2, 0.25) is 0 Å². The Morgan fingerprint density at radius 2 is 1.28 bits per heavy atom. The Kier molecular flexibility index (Phi) is 5.77. The first-order valence-corrected chi connectivity index (χ1v) is 8.56. The molecule has 0 atom stereocenters. The van der Waals surface area contributed by atoms with E-state index in [1.807, 2.05) is 0 Å². The minimum absolute atomic E-state index is 0.0577. The van der Waals surface area contributed by atoms with Gasteiger partial charge in [0.05, 0.1) is 13.1 Å². The molecule has 7 heteroatoms. The summed E-state index contributed by atoms with van der Waals surface area (Å²) in [5, 5.41) is 0. The first kappa shape index (κ1) is 20.3. The van der Waals surface area contributed by atoms with Gasteiger partial charge in [-0.3, -0.25) is 9.59 Å². The smallest absolute Gasteiger partial charge is 0.246 e. The summed E-state index contributed by atoms with van der Waals surface area (Å²) in [6, 6.07) is 6.32. The van der Waals surface area contributed by atoms with Gasteiger partial charge in [-0.1, -0.05) is 18.7 Å². The van der Waals surface area contributed by atoms with Crippen molar-refractivity contribution in [3.63, 3.8) is 0 Å². The van der Waals surface area contributed by atoms with Crippen LogP contribution in [0.15, 0.2) is 60.2 Å². The van der Waals surface area contributed by atoms with Gasteiger partial charge in [0, 0.05) is 11.1 Å². The number of ketones is 1. The van der Waals surface area contributed by atoms with E-state index in [1.54, 1.807) is 0 Å². The van der Waals surface area contributed by atoms with E-state index in [1.165, 1.54) is 29.2 Å². The summed E-state index contributed by atoms with van der Waals surface area (Å²) in [6.45, 7) is 3.30. The molecule has 1 aliphatic heterocycles. The molecule has 2 aromatic rings. The van der Waals surface area contributed by atoms with E-state index in [2.05, 4.69) is 6.58 Å². The summed E-state index contributed by atoms with van der Waals surface area (Å²) < 4.78 is 53.2. The fraction of sp³-hybridized carbons (Fsp3) is 0.0909. The van der Waals surface area contributed by atoms with Gasteiger partial charge in [-0.05, 0) is 53.6 Å². The molecule has 0 spiro atoms. The summed E-state index contributed by atoms with van der Waals surface area (Å²) in [5.74, 6) is -5.06. The monoisotopic (exact) mass is 401 g/mol. The van der Waals surface area contributed by atoms with Crippen molar-refractivity contribution in [1.29, 1.82) is 0 Å². The second-order valence-electron chi connectivity index (χ2n) is 6.41. The lowest BCUT2D eigenvalue weighted by atomic mass is 9.94. The van der Waals surface area contributed by atoms with E-state index in [-0.39, 0.29) is 35.4 Å². The summed E-state index contributed by atoms with van der Waals surface area (Å²) in [7, 11) is 0. The number of Topliss-reactive ketones (excluding diaryl/α,β-unsaturated/α-hetero) is 1. The fourth-order valence-corrected chi connectivity index (χ4v) is 2.93. The highest BCUT2D eigenvalue weighted by molar-refractivity contribution is 6.15. The topological polar surface area (TPSA) is 37.4 Å². The Bertz CT molecular complexity index is 999. The molecule has 0 aliphatic carbocycles. The molecule has 0 N–H and O–H groups in total. The average molecular weight is 401 g/mol. The number of hydrogen-bond donors (Lipinski definition) is 0. The Balaban J connectivity index is 2.03. The number of likely N-dealkylation sites (tertiary alicyclic amines) is 1. The van der Waals surface area contributed by atoms with Crippen molar-refractivity contribution < 1.29 is 27.2 Å². The van der Waals surface area contributed by atoms with Crippen LogP contribution in [0.4, 0.5) is 17.6 Å². The zero-order chi connectivity index (χ0) is 21.1. The molecular formula is C22H15F4NO2. The fourth-order valence-electron chi connectivity index (χ4n) is 2.93. The normalized spacial score (nSPS) is 17.1. The van der Waals surface area contributed by atoms with E-state index in [0.29, 0.717) is 0 Å². The Morgan fingerprint density at radius 3 is 1.66 bits per heavy atom. The molecule has 0 bridgehead atoms. The maximum atomic E-state index is 13.5. The van der Waals surface area contributed by atoms with Crippen molar-refractivity contribution in [2.45, 2.75) is 0 Å². The molecule has 148 valence electrons. The lowest BCUT2D eigenvalue weighted by Gasteiger charge is -2.29. The molecule has 1 heterocycles. The SMILES string of the molecule is C=CC(=O)N1C/C(=C/c2ccc(F)c(F)c2)C(=O)/C(=C/c2ccc(F)c(F)c2)C1. The number of halogens is 4. The Labute approximate surface area is 164 Å². The molecule has 0 saturated carbocycles. The average Bonchev–Trinajstić information content (AvgIpc) is 2.69. The van der Waals surface area contributed by atoms with Crippen LogP contribution in [0.1, 0.15) is 11.1 Å². The quantitative estimate of drug-likeness (QED) is 0.568. The zero-order valence-electron chi connectivity index (χ0n) is 15.1. The second-order valence-corrected chi connectivity index (χ2v) is 6.41. The largest absolute Gasteiger partial charge is 0.330 e. The Hall–Kier alpha value is -3.48. The molecule has 1 saturated heterocycles. The number of carbonyl (C=O) groups is 2. The van der Waals surface area contributed by atoms with Gasteiger partial charge >= 0.3 is 0 Å². The molecule has 1 amide bonds. The maximum Gasteiger partial charge on any atom is 0.246 e. The van der Waals surface area contributed by atoms with Gasteiger partial charge in [0.25, 0.3) is 0 Å². The number of piperidine rings is 1. The van der Waals surface area contributed by atoms with Gasteiger partial charge < -0.3 is 4.90 Å². The minimum atomic E-state index is -1.07. The molecule has 29 heavy (non-hydrogen) atoms. The van der Waals surface area contributed by atoms with E-state index in [9.17, 15) is 27.2 Å². The van der Waals surface area contributed by atoms with Crippen LogP contribution in [-0.2, 0) is 9.59 Å². The number of amides is 1. The number of carbonyl (C=O) groups excluding carboxylic acids is 2. The van der Waals surface area contributed by atoms with E-state index < -0.39 is 35.0 Å². The number of rotatable bonds is 3. The van der Waals surface area contributed by atoms with Gasteiger partial charge in [-0.2, -0.15) is 0 Å². The highest BCUT2D eigenvalue weighted by Gasteiger charge is 2.28. The summed E-state index contributed by atoms with van der Waals surface area (Å²) in [5.41, 5.74) is 0.803. The standard InChI is InChI=1S/C22H15F4NO2/c1-2-21(28)27-11-15(7-13-3-5-17(23)19(25)9-13)22(29)16(12-27)8-14-4-6-18(24)20(26)10-14/h2-10H,1,11-12H2/b15-7-,16-8+. The van der Waals surface area contributed by atoms with Gasteiger partial charge in [-0.15, -0.1) is 0 Å². The highest BCUT2D eigenvalue weighted by atomic mass is 19.2. The molecule has 3 nitrogen and oxygen atoms in total. The van der Waals surface area contributed by atoms with Crippen molar-refractivity contribution in [1.82, 2.24) is 4.90 Å². The molecular weight excluding hydrogens is 386 g/mol. The molecule has 0 unspecified atom stereocenters. The van der Waals surface area contributed by atoms with Crippen LogP contribution in [0, 0.1) is 23.3 Å². The third-order valence-electron chi connectivity index (χ3n) is 4.36. The van der Waals surface area contributed by atoms with Crippen LogP contribution in [0.25, 0.3) is 12.2 Å². The van der Waals surface area contributed by atoms with Gasteiger partial charge in [0.1, 0.15) is 0 Å². The first-order valence-electron chi connectivity index (χ1n) is 8.56.